The molecule has 1 aliphatic rings. The maximum absolute atomic E-state index is 9.97. The van der Waals surface area contributed by atoms with Gasteiger partial charge >= 0.3 is 0 Å². The quantitative estimate of drug-likeness (QED) is 0.512. The Morgan fingerprint density at radius 3 is 2.88 bits per heavy atom. The van der Waals surface area contributed by atoms with Crippen molar-refractivity contribution in [2.45, 2.75) is 6.42 Å². The second-order valence-electron chi connectivity index (χ2n) is 5.63. The molecular formula is C18H12ClIN4OS. The summed E-state index contributed by atoms with van der Waals surface area (Å²) in [6, 6.07) is 8.11. The van der Waals surface area contributed by atoms with E-state index < -0.39 is 0 Å². The minimum atomic E-state index is 0.573. The standard InChI is InChI=1S/C18H12ClIN4OS/c19-11-1-2-12(14(20)7-11)15-13(8-21)16(10-3-5-25-6-4-10)26-17(15)18-22-9-23-24-18/h1-3,7,9H,4-6H2,(H,22,23,24). The molecule has 0 unspecified atom stereocenters. The summed E-state index contributed by atoms with van der Waals surface area (Å²) in [6.45, 7) is 1.24. The van der Waals surface area contributed by atoms with Gasteiger partial charge in [0, 0.05) is 19.0 Å². The average Bonchev–Trinajstić information content (AvgIpc) is 3.30. The van der Waals surface area contributed by atoms with Crippen LogP contribution in [0.5, 0.6) is 0 Å². The molecule has 0 fully saturated rings. The highest BCUT2D eigenvalue weighted by atomic mass is 127. The normalized spacial score (nSPS) is 14.1. The Balaban J connectivity index is 2.00. The molecule has 1 aromatic carbocycles. The van der Waals surface area contributed by atoms with Gasteiger partial charge in [-0.15, -0.1) is 11.3 Å². The summed E-state index contributed by atoms with van der Waals surface area (Å²) >= 11 is 9.94. The predicted molar refractivity (Wildman–Crippen MR) is 111 cm³/mol. The van der Waals surface area contributed by atoms with E-state index in [1.807, 2.05) is 18.2 Å². The number of hydrogen-bond acceptors (Lipinski definition) is 5. The first kappa shape index (κ1) is 17.7. The minimum Gasteiger partial charge on any atom is -0.377 e. The van der Waals surface area contributed by atoms with Crippen LogP contribution < -0.4 is 0 Å². The van der Waals surface area contributed by atoms with Crippen molar-refractivity contribution in [1.82, 2.24) is 15.2 Å². The fraction of sp³-hybridized carbons (Fsp3) is 0.167. The Hall–Kier alpha value is -1.73. The Morgan fingerprint density at radius 2 is 2.23 bits per heavy atom. The molecule has 0 atom stereocenters. The number of thiophene rings is 1. The van der Waals surface area contributed by atoms with Crippen LogP contribution in [0.15, 0.2) is 30.6 Å². The second kappa shape index (κ2) is 7.48. The van der Waals surface area contributed by atoms with Crippen molar-refractivity contribution in [2.24, 2.45) is 0 Å². The van der Waals surface area contributed by atoms with E-state index in [1.54, 1.807) is 11.3 Å². The van der Waals surface area contributed by atoms with Gasteiger partial charge in [0.2, 0.25) is 0 Å². The van der Waals surface area contributed by atoms with E-state index in [2.05, 4.69) is 49.9 Å². The Kier molecular flexibility index (Phi) is 5.09. The molecule has 0 saturated carbocycles. The van der Waals surface area contributed by atoms with Crippen molar-refractivity contribution < 1.29 is 4.74 Å². The van der Waals surface area contributed by atoms with Gasteiger partial charge in [-0.25, -0.2) is 4.98 Å². The van der Waals surface area contributed by atoms with Crippen LogP contribution in [-0.2, 0) is 4.74 Å². The van der Waals surface area contributed by atoms with Gasteiger partial charge in [-0.3, -0.25) is 5.10 Å². The molecule has 26 heavy (non-hydrogen) atoms. The van der Waals surface area contributed by atoms with Gasteiger partial charge in [-0.05, 0) is 52.3 Å². The van der Waals surface area contributed by atoms with E-state index in [-0.39, 0.29) is 0 Å². The minimum absolute atomic E-state index is 0.573. The molecule has 0 amide bonds. The zero-order valence-corrected chi connectivity index (χ0v) is 17.2. The zero-order chi connectivity index (χ0) is 18.1. The molecule has 2 aromatic heterocycles. The maximum atomic E-state index is 9.97. The number of benzene rings is 1. The summed E-state index contributed by atoms with van der Waals surface area (Å²) in [5.74, 6) is 0.658. The molecule has 0 spiro atoms. The number of nitrogens with one attached hydrogen (secondary N) is 1. The van der Waals surface area contributed by atoms with E-state index in [4.69, 9.17) is 16.3 Å². The summed E-state index contributed by atoms with van der Waals surface area (Å²) in [5.41, 5.74) is 3.65. The number of aromatic nitrogens is 3. The number of halogens is 2. The SMILES string of the molecule is N#Cc1c(C2=CCOCC2)sc(-c2ncn[nH]2)c1-c1ccc(Cl)cc1I. The van der Waals surface area contributed by atoms with Gasteiger partial charge in [0.15, 0.2) is 5.82 Å². The number of H-pyrrole nitrogens is 1. The lowest BCUT2D eigenvalue weighted by Crippen LogP contribution is -2.03. The van der Waals surface area contributed by atoms with Crippen LogP contribution >= 0.6 is 45.5 Å². The summed E-state index contributed by atoms with van der Waals surface area (Å²) < 4.78 is 6.41. The van der Waals surface area contributed by atoms with Crippen LogP contribution in [-0.4, -0.2) is 28.4 Å². The highest BCUT2D eigenvalue weighted by molar-refractivity contribution is 14.1. The van der Waals surface area contributed by atoms with Crippen molar-refractivity contribution >= 4 is 51.1 Å². The van der Waals surface area contributed by atoms with Crippen molar-refractivity contribution in [3.63, 3.8) is 0 Å². The molecule has 3 aromatic rings. The van der Waals surface area contributed by atoms with Gasteiger partial charge in [-0.1, -0.05) is 23.7 Å². The molecule has 1 N–H and O–H groups in total. The van der Waals surface area contributed by atoms with Crippen molar-refractivity contribution in [2.75, 3.05) is 13.2 Å². The molecule has 0 aliphatic carbocycles. The smallest absolute Gasteiger partial charge is 0.166 e. The Labute approximate surface area is 172 Å². The molecular weight excluding hydrogens is 483 g/mol. The second-order valence-corrected chi connectivity index (χ2v) is 8.25. The molecule has 0 saturated heterocycles. The molecule has 130 valence electrons. The molecule has 0 radical (unpaired) electrons. The van der Waals surface area contributed by atoms with Crippen molar-refractivity contribution in [3.8, 4) is 27.9 Å². The van der Waals surface area contributed by atoms with Crippen molar-refractivity contribution in [3.05, 3.63) is 49.6 Å². The van der Waals surface area contributed by atoms with E-state index in [0.717, 1.165) is 36.4 Å². The molecule has 8 heteroatoms. The van der Waals surface area contributed by atoms with E-state index in [0.29, 0.717) is 29.6 Å². The van der Waals surface area contributed by atoms with E-state index >= 15 is 0 Å². The number of nitriles is 1. The van der Waals surface area contributed by atoms with Crippen LogP contribution in [0.1, 0.15) is 16.9 Å². The number of ether oxygens (including phenoxy) is 1. The Morgan fingerprint density at radius 1 is 1.35 bits per heavy atom. The first-order valence-corrected chi connectivity index (χ1v) is 10.1. The fourth-order valence-electron chi connectivity index (χ4n) is 2.93. The lowest BCUT2D eigenvalue weighted by molar-refractivity contribution is 0.161. The van der Waals surface area contributed by atoms with Crippen molar-refractivity contribution in [1.29, 1.82) is 5.26 Å². The summed E-state index contributed by atoms with van der Waals surface area (Å²) in [7, 11) is 0. The molecule has 4 rings (SSSR count). The highest BCUT2D eigenvalue weighted by Crippen LogP contribution is 2.46. The third-order valence-electron chi connectivity index (χ3n) is 4.11. The first-order chi connectivity index (χ1) is 12.7. The number of rotatable bonds is 3. The highest BCUT2D eigenvalue weighted by Gasteiger charge is 2.26. The van der Waals surface area contributed by atoms with Gasteiger partial charge in [0.05, 0.1) is 23.7 Å². The Bertz CT molecular complexity index is 1040. The van der Waals surface area contributed by atoms with E-state index in [9.17, 15) is 5.26 Å². The molecule has 3 heterocycles. The third kappa shape index (κ3) is 3.18. The summed E-state index contributed by atoms with van der Waals surface area (Å²) in [4.78, 5) is 6.19. The monoisotopic (exact) mass is 494 g/mol. The van der Waals surface area contributed by atoms with Gasteiger partial charge in [-0.2, -0.15) is 10.4 Å². The maximum Gasteiger partial charge on any atom is 0.166 e. The van der Waals surface area contributed by atoms with Crippen LogP contribution in [0.4, 0.5) is 0 Å². The largest absolute Gasteiger partial charge is 0.377 e. The zero-order valence-electron chi connectivity index (χ0n) is 13.4. The first-order valence-electron chi connectivity index (χ1n) is 7.84. The summed E-state index contributed by atoms with van der Waals surface area (Å²) in [6.07, 6.45) is 4.32. The average molecular weight is 495 g/mol. The van der Waals surface area contributed by atoms with Gasteiger partial charge in [0.25, 0.3) is 0 Å². The molecule has 5 nitrogen and oxygen atoms in total. The fourth-order valence-corrected chi connectivity index (χ4v) is 5.35. The number of aromatic amines is 1. The van der Waals surface area contributed by atoms with Crippen LogP contribution in [0.3, 0.4) is 0 Å². The lowest BCUT2D eigenvalue weighted by Gasteiger charge is -2.12. The van der Waals surface area contributed by atoms with Gasteiger partial charge in [0.1, 0.15) is 12.4 Å². The summed E-state index contributed by atoms with van der Waals surface area (Å²) in [5, 5.41) is 17.5. The predicted octanol–water partition coefficient (Wildman–Crippen LogP) is 5.13. The topological polar surface area (TPSA) is 74.6 Å². The number of hydrogen-bond donors (Lipinski definition) is 1. The van der Waals surface area contributed by atoms with Crippen LogP contribution in [0.25, 0.3) is 27.4 Å². The number of nitrogens with zero attached hydrogens (tertiary/aromatic N) is 3. The van der Waals surface area contributed by atoms with Crippen LogP contribution in [0.2, 0.25) is 5.02 Å². The lowest BCUT2D eigenvalue weighted by atomic mass is 9.97. The third-order valence-corrected chi connectivity index (χ3v) is 6.51. The van der Waals surface area contributed by atoms with Crippen LogP contribution in [0, 0.1) is 14.9 Å². The van der Waals surface area contributed by atoms with E-state index in [1.165, 1.54) is 6.33 Å². The molecule has 0 bridgehead atoms. The van der Waals surface area contributed by atoms with Gasteiger partial charge < -0.3 is 4.74 Å². The molecule has 1 aliphatic heterocycles.